The van der Waals surface area contributed by atoms with Gasteiger partial charge in [-0.15, -0.1) is 0 Å². The molecule has 1 unspecified atom stereocenters. The summed E-state index contributed by atoms with van der Waals surface area (Å²) in [5.74, 6) is -2.38. The number of hydrogen-bond donors (Lipinski definition) is 1. The number of halogens is 1. The quantitative estimate of drug-likeness (QED) is 0.365. The van der Waals surface area contributed by atoms with Gasteiger partial charge < -0.3 is 5.32 Å². The Morgan fingerprint density at radius 3 is 2.68 bits per heavy atom. The summed E-state index contributed by atoms with van der Waals surface area (Å²) < 4.78 is 1.40. The van der Waals surface area contributed by atoms with Crippen molar-refractivity contribution in [3.8, 4) is 5.69 Å². The highest BCUT2D eigenvalue weighted by Gasteiger charge is 2.44. The van der Waals surface area contributed by atoms with E-state index >= 15 is 0 Å². The second-order valence-corrected chi connectivity index (χ2v) is 7.04. The van der Waals surface area contributed by atoms with Crippen LogP contribution in [0.4, 0.5) is 11.4 Å². The molecule has 1 aliphatic heterocycles. The lowest BCUT2D eigenvalue weighted by Crippen LogP contribution is -2.45. The largest absolute Gasteiger partial charge is 0.322 e. The second-order valence-electron chi connectivity index (χ2n) is 6.60. The van der Waals surface area contributed by atoms with Crippen LogP contribution in [0.25, 0.3) is 5.69 Å². The van der Waals surface area contributed by atoms with Crippen LogP contribution in [0, 0.1) is 10.1 Å². The van der Waals surface area contributed by atoms with E-state index in [9.17, 15) is 24.5 Å². The van der Waals surface area contributed by atoms with Gasteiger partial charge in [-0.1, -0.05) is 17.7 Å². The molecule has 0 radical (unpaired) electrons. The lowest BCUT2D eigenvalue weighted by Gasteiger charge is -2.22. The molecule has 3 amide bonds. The van der Waals surface area contributed by atoms with Gasteiger partial charge in [0.15, 0.2) is 0 Å². The first-order valence-corrected chi connectivity index (χ1v) is 9.28. The summed E-state index contributed by atoms with van der Waals surface area (Å²) in [4.78, 5) is 53.6. The van der Waals surface area contributed by atoms with Gasteiger partial charge in [0.1, 0.15) is 24.3 Å². The minimum absolute atomic E-state index is 0.120. The number of nitro groups is 1. The number of aromatic nitrogens is 3. The molecule has 0 saturated heterocycles. The lowest BCUT2D eigenvalue weighted by atomic mass is 10.1. The van der Waals surface area contributed by atoms with Gasteiger partial charge >= 0.3 is 0 Å². The Labute approximate surface area is 179 Å². The maximum Gasteiger partial charge on any atom is 0.282 e. The number of imide groups is 1. The number of anilines is 1. The number of benzene rings is 2. The monoisotopic (exact) mass is 440 g/mol. The molecule has 12 heteroatoms. The number of fused-ring (bicyclic) bond motifs is 1. The van der Waals surface area contributed by atoms with Gasteiger partial charge in [-0.2, -0.15) is 5.10 Å². The first-order valence-electron chi connectivity index (χ1n) is 8.90. The van der Waals surface area contributed by atoms with E-state index in [0.29, 0.717) is 15.6 Å². The number of nitrogens with one attached hydrogen (secondary N) is 1. The maximum atomic E-state index is 12.9. The topological polar surface area (TPSA) is 140 Å². The number of nitrogens with zero attached hydrogens (tertiary/aromatic N) is 5. The van der Waals surface area contributed by atoms with Crippen molar-refractivity contribution in [3.63, 3.8) is 0 Å². The van der Waals surface area contributed by atoms with Crippen LogP contribution in [0.3, 0.4) is 0 Å². The van der Waals surface area contributed by atoms with Crippen molar-refractivity contribution in [1.82, 2.24) is 19.7 Å². The van der Waals surface area contributed by atoms with E-state index in [1.807, 2.05) is 0 Å². The zero-order valence-corrected chi connectivity index (χ0v) is 16.6. The minimum atomic E-state index is -1.26. The Hall–Kier alpha value is -4.12. The summed E-state index contributed by atoms with van der Waals surface area (Å²) in [5, 5.41) is 18.2. The summed E-state index contributed by atoms with van der Waals surface area (Å²) in [7, 11) is 0. The molecule has 156 valence electrons. The Bertz CT molecular complexity index is 1240. The molecule has 0 spiro atoms. The standard InChI is InChI=1S/C19H13ClN6O5/c1-10(25-18(28)12-3-2-4-15(26(30)31)16(12)19(25)29)17(27)23-13-7-11(20)5-6-14(13)24-9-21-8-22-24/h2-10H,1H3,(H,23,27). The van der Waals surface area contributed by atoms with Gasteiger partial charge in [0.2, 0.25) is 5.91 Å². The van der Waals surface area contributed by atoms with Gasteiger partial charge in [0, 0.05) is 11.1 Å². The van der Waals surface area contributed by atoms with Crippen molar-refractivity contribution in [2.24, 2.45) is 0 Å². The Morgan fingerprint density at radius 2 is 2.00 bits per heavy atom. The molecule has 1 N–H and O–H groups in total. The normalized spacial score (nSPS) is 13.8. The van der Waals surface area contributed by atoms with E-state index in [0.717, 1.165) is 6.07 Å². The van der Waals surface area contributed by atoms with Crippen molar-refractivity contribution >= 4 is 40.7 Å². The van der Waals surface area contributed by atoms with Crippen molar-refractivity contribution in [2.75, 3.05) is 5.32 Å². The molecule has 4 rings (SSSR count). The fourth-order valence-corrected chi connectivity index (χ4v) is 3.46. The van der Waals surface area contributed by atoms with Crippen molar-refractivity contribution < 1.29 is 19.3 Å². The molecule has 0 saturated carbocycles. The molecule has 0 fully saturated rings. The maximum absolute atomic E-state index is 12.9. The van der Waals surface area contributed by atoms with E-state index in [-0.39, 0.29) is 16.8 Å². The molecular weight excluding hydrogens is 428 g/mol. The smallest absolute Gasteiger partial charge is 0.282 e. The molecule has 31 heavy (non-hydrogen) atoms. The molecule has 1 atom stereocenters. The minimum Gasteiger partial charge on any atom is -0.322 e. The van der Waals surface area contributed by atoms with E-state index in [4.69, 9.17) is 11.6 Å². The number of rotatable bonds is 5. The fraction of sp³-hybridized carbons (Fsp3) is 0.105. The van der Waals surface area contributed by atoms with Gasteiger partial charge in [-0.3, -0.25) is 29.4 Å². The number of amides is 3. The Balaban J connectivity index is 1.64. The zero-order chi connectivity index (χ0) is 22.3. The molecule has 1 aromatic heterocycles. The fourth-order valence-electron chi connectivity index (χ4n) is 3.28. The highest BCUT2D eigenvalue weighted by atomic mass is 35.5. The van der Waals surface area contributed by atoms with Crippen LogP contribution in [0.2, 0.25) is 5.02 Å². The number of nitro benzene ring substituents is 1. The molecule has 0 bridgehead atoms. The van der Waals surface area contributed by atoms with Crippen LogP contribution >= 0.6 is 11.6 Å². The molecular formula is C19H13ClN6O5. The zero-order valence-electron chi connectivity index (χ0n) is 15.9. The molecule has 3 aromatic rings. The van der Waals surface area contributed by atoms with E-state index in [1.54, 1.807) is 12.1 Å². The van der Waals surface area contributed by atoms with Crippen molar-refractivity contribution in [2.45, 2.75) is 13.0 Å². The van der Waals surface area contributed by atoms with Crippen LogP contribution in [0.5, 0.6) is 0 Å². The molecule has 11 nitrogen and oxygen atoms in total. The third kappa shape index (κ3) is 3.40. The highest BCUT2D eigenvalue weighted by Crippen LogP contribution is 2.32. The van der Waals surface area contributed by atoms with Gasteiger partial charge in [-0.05, 0) is 31.2 Å². The number of carbonyl (C=O) groups is 3. The Morgan fingerprint density at radius 1 is 1.23 bits per heavy atom. The number of hydrogen-bond acceptors (Lipinski definition) is 7. The van der Waals surface area contributed by atoms with E-state index in [1.165, 1.54) is 42.5 Å². The summed E-state index contributed by atoms with van der Waals surface area (Å²) in [6.45, 7) is 1.35. The summed E-state index contributed by atoms with van der Waals surface area (Å²) >= 11 is 6.04. The first-order chi connectivity index (χ1) is 14.8. The third-order valence-electron chi connectivity index (χ3n) is 4.77. The van der Waals surface area contributed by atoms with Gasteiger partial charge in [0.25, 0.3) is 17.5 Å². The van der Waals surface area contributed by atoms with Crippen LogP contribution in [-0.4, -0.2) is 48.4 Å². The Kier molecular flexibility index (Phi) is 4.95. The SMILES string of the molecule is CC(C(=O)Nc1cc(Cl)ccc1-n1cncn1)N1C(=O)c2cccc([N+](=O)[O-])c2C1=O. The predicted molar refractivity (Wildman–Crippen MR) is 108 cm³/mol. The third-order valence-corrected chi connectivity index (χ3v) is 5.00. The van der Waals surface area contributed by atoms with E-state index in [2.05, 4.69) is 15.4 Å². The van der Waals surface area contributed by atoms with E-state index < -0.39 is 34.4 Å². The molecule has 2 heterocycles. The second kappa shape index (κ2) is 7.61. The summed E-state index contributed by atoms with van der Waals surface area (Å²) in [6.07, 6.45) is 2.74. The van der Waals surface area contributed by atoms with Crippen LogP contribution < -0.4 is 5.32 Å². The van der Waals surface area contributed by atoms with Crippen molar-refractivity contribution in [1.29, 1.82) is 0 Å². The van der Waals surface area contributed by atoms with Crippen LogP contribution in [0.1, 0.15) is 27.6 Å². The van der Waals surface area contributed by atoms with Crippen LogP contribution in [0.15, 0.2) is 49.1 Å². The van der Waals surface area contributed by atoms with Gasteiger partial charge in [-0.25, -0.2) is 9.67 Å². The van der Waals surface area contributed by atoms with Crippen molar-refractivity contribution in [3.05, 3.63) is 75.3 Å². The lowest BCUT2D eigenvalue weighted by molar-refractivity contribution is -0.385. The van der Waals surface area contributed by atoms with Gasteiger partial charge in [0.05, 0.1) is 21.9 Å². The van der Waals surface area contributed by atoms with Crippen LogP contribution in [-0.2, 0) is 4.79 Å². The number of carbonyl (C=O) groups excluding carboxylic acids is 3. The molecule has 1 aliphatic rings. The molecule has 0 aliphatic carbocycles. The highest BCUT2D eigenvalue weighted by molar-refractivity contribution is 6.31. The average Bonchev–Trinajstić information content (AvgIpc) is 3.35. The average molecular weight is 441 g/mol. The predicted octanol–water partition coefficient (Wildman–Crippen LogP) is 2.45. The molecule has 2 aromatic carbocycles. The first kappa shape index (κ1) is 20.2. The summed E-state index contributed by atoms with van der Waals surface area (Å²) in [6, 6.07) is 7.20. The summed E-state index contributed by atoms with van der Waals surface area (Å²) in [5.41, 5.74) is -0.208.